The normalized spacial score (nSPS) is 14.2. The SMILES string of the molecule is Cc1cnc(CNC(=O)C2=NNC(=O)C2)nc1. The van der Waals surface area contributed by atoms with Crippen molar-refractivity contribution in [2.45, 2.75) is 19.9 Å². The molecule has 1 aliphatic rings. The Bertz CT molecular complexity index is 480. The number of hydrazone groups is 1. The summed E-state index contributed by atoms with van der Waals surface area (Å²) in [4.78, 5) is 30.5. The van der Waals surface area contributed by atoms with Gasteiger partial charge in [-0.15, -0.1) is 0 Å². The van der Waals surface area contributed by atoms with Gasteiger partial charge >= 0.3 is 0 Å². The van der Waals surface area contributed by atoms with Crippen LogP contribution in [-0.4, -0.2) is 27.5 Å². The largest absolute Gasteiger partial charge is 0.344 e. The average Bonchev–Trinajstić information content (AvgIpc) is 2.75. The summed E-state index contributed by atoms with van der Waals surface area (Å²) in [6, 6.07) is 0. The predicted molar refractivity (Wildman–Crippen MR) is 58.8 cm³/mol. The molecule has 2 amide bonds. The molecule has 0 saturated heterocycles. The Morgan fingerprint density at radius 1 is 1.47 bits per heavy atom. The molecule has 1 aromatic heterocycles. The first kappa shape index (κ1) is 11.2. The third kappa shape index (κ3) is 2.83. The third-order valence-corrected chi connectivity index (χ3v) is 2.15. The lowest BCUT2D eigenvalue weighted by Crippen LogP contribution is -2.30. The maximum atomic E-state index is 11.5. The minimum atomic E-state index is -0.382. The first-order valence-electron chi connectivity index (χ1n) is 5.06. The van der Waals surface area contributed by atoms with E-state index in [1.807, 2.05) is 6.92 Å². The Balaban J connectivity index is 1.88. The highest BCUT2D eigenvalue weighted by molar-refractivity contribution is 6.43. The van der Waals surface area contributed by atoms with Crippen molar-refractivity contribution in [2.75, 3.05) is 0 Å². The van der Waals surface area contributed by atoms with Crippen molar-refractivity contribution >= 4 is 17.5 Å². The lowest BCUT2D eigenvalue weighted by molar-refractivity contribution is -0.120. The molecular formula is C10H11N5O2. The zero-order chi connectivity index (χ0) is 12.3. The van der Waals surface area contributed by atoms with Gasteiger partial charge in [0.15, 0.2) is 0 Å². The van der Waals surface area contributed by atoms with Crippen LogP contribution in [-0.2, 0) is 16.1 Å². The second-order valence-electron chi connectivity index (χ2n) is 3.63. The number of nitrogens with zero attached hydrogens (tertiary/aromatic N) is 3. The predicted octanol–water partition coefficient (Wildman–Crippen LogP) is -0.723. The monoisotopic (exact) mass is 233 g/mol. The Hall–Kier alpha value is -2.31. The summed E-state index contributed by atoms with van der Waals surface area (Å²) in [7, 11) is 0. The van der Waals surface area contributed by atoms with E-state index in [0.29, 0.717) is 5.82 Å². The molecule has 0 atom stereocenters. The first-order chi connectivity index (χ1) is 8.15. The molecule has 0 aromatic carbocycles. The Kier molecular flexibility index (Phi) is 3.08. The Morgan fingerprint density at radius 2 is 2.18 bits per heavy atom. The molecule has 0 radical (unpaired) electrons. The highest BCUT2D eigenvalue weighted by Crippen LogP contribution is 1.97. The lowest BCUT2D eigenvalue weighted by Gasteiger charge is -2.02. The van der Waals surface area contributed by atoms with Gasteiger partial charge in [0.2, 0.25) is 5.91 Å². The maximum absolute atomic E-state index is 11.5. The molecule has 2 rings (SSSR count). The first-order valence-corrected chi connectivity index (χ1v) is 5.06. The van der Waals surface area contributed by atoms with Crippen molar-refractivity contribution < 1.29 is 9.59 Å². The van der Waals surface area contributed by atoms with Crippen LogP contribution in [0.15, 0.2) is 17.5 Å². The minimum Gasteiger partial charge on any atom is -0.344 e. The molecule has 0 fully saturated rings. The summed E-state index contributed by atoms with van der Waals surface area (Å²) in [6.07, 6.45) is 3.36. The quantitative estimate of drug-likeness (QED) is 0.719. The zero-order valence-electron chi connectivity index (χ0n) is 9.23. The molecule has 17 heavy (non-hydrogen) atoms. The van der Waals surface area contributed by atoms with Crippen LogP contribution in [0, 0.1) is 6.92 Å². The number of hydrogen-bond acceptors (Lipinski definition) is 5. The van der Waals surface area contributed by atoms with Crippen LogP contribution >= 0.6 is 0 Å². The van der Waals surface area contributed by atoms with E-state index >= 15 is 0 Å². The van der Waals surface area contributed by atoms with E-state index in [-0.39, 0.29) is 30.5 Å². The fourth-order valence-electron chi connectivity index (χ4n) is 1.26. The van der Waals surface area contributed by atoms with Gasteiger partial charge in [-0.25, -0.2) is 15.4 Å². The third-order valence-electron chi connectivity index (χ3n) is 2.15. The summed E-state index contributed by atoms with van der Waals surface area (Å²) >= 11 is 0. The van der Waals surface area contributed by atoms with E-state index in [1.54, 1.807) is 12.4 Å². The Morgan fingerprint density at radius 3 is 2.76 bits per heavy atom. The number of nitrogens with one attached hydrogen (secondary N) is 2. The average molecular weight is 233 g/mol. The molecule has 0 saturated carbocycles. The van der Waals surface area contributed by atoms with Gasteiger partial charge in [0.1, 0.15) is 11.5 Å². The molecular weight excluding hydrogens is 222 g/mol. The van der Waals surface area contributed by atoms with Crippen LogP contribution < -0.4 is 10.7 Å². The number of aromatic nitrogens is 2. The number of hydrogen-bond donors (Lipinski definition) is 2. The van der Waals surface area contributed by atoms with Gasteiger partial charge in [0.05, 0.1) is 13.0 Å². The molecule has 0 aliphatic carbocycles. The van der Waals surface area contributed by atoms with Crippen molar-refractivity contribution in [3.05, 3.63) is 23.8 Å². The summed E-state index contributed by atoms with van der Waals surface area (Å²) in [5.41, 5.74) is 3.35. The second-order valence-corrected chi connectivity index (χ2v) is 3.63. The molecule has 0 bridgehead atoms. The van der Waals surface area contributed by atoms with Crippen LogP contribution in [0.2, 0.25) is 0 Å². The summed E-state index contributed by atoms with van der Waals surface area (Å²) in [6.45, 7) is 2.10. The number of amides is 2. The smallest absolute Gasteiger partial charge is 0.268 e. The standard InChI is InChI=1S/C10H11N5O2/c1-6-3-11-8(12-4-6)5-13-10(17)7-2-9(16)15-14-7/h3-4H,2,5H2,1H3,(H,13,17)(H,15,16). The summed E-state index contributed by atoms with van der Waals surface area (Å²) < 4.78 is 0. The highest BCUT2D eigenvalue weighted by Gasteiger charge is 2.21. The molecule has 0 spiro atoms. The molecule has 0 unspecified atom stereocenters. The maximum Gasteiger partial charge on any atom is 0.268 e. The van der Waals surface area contributed by atoms with E-state index in [9.17, 15) is 9.59 Å². The molecule has 2 N–H and O–H groups in total. The van der Waals surface area contributed by atoms with Gasteiger partial charge in [-0.1, -0.05) is 0 Å². The highest BCUT2D eigenvalue weighted by atomic mass is 16.2. The van der Waals surface area contributed by atoms with E-state index in [4.69, 9.17) is 0 Å². The molecule has 2 heterocycles. The second kappa shape index (κ2) is 4.69. The van der Waals surface area contributed by atoms with Crippen molar-refractivity contribution in [1.29, 1.82) is 0 Å². The van der Waals surface area contributed by atoms with Crippen LogP contribution in [0.5, 0.6) is 0 Å². The molecule has 7 heteroatoms. The van der Waals surface area contributed by atoms with Crippen molar-refractivity contribution in [2.24, 2.45) is 5.10 Å². The molecule has 1 aliphatic heterocycles. The van der Waals surface area contributed by atoms with E-state index in [2.05, 4.69) is 25.8 Å². The Labute approximate surface area is 97.3 Å². The molecule has 7 nitrogen and oxygen atoms in total. The summed E-state index contributed by atoms with van der Waals surface area (Å²) in [5.74, 6) is -0.143. The van der Waals surface area contributed by atoms with Gasteiger partial charge in [-0.3, -0.25) is 9.59 Å². The minimum absolute atomic E-state index is 0.0145. The van der Waals surface area contributed by atoms with Crippen LogP contribution in [0.25, 0.3) is 0 Å². The zero-order valence-corrected chi connectivity index (χ0v) is 9.23. The topological polar surface area (TPSA) is 96.3 Å². The van der Waals surface area contributed by atoms with E-state index < -0.39 is 0 Å². The fourth-order valence-corrected chi connectivity index (χ4v) is 1.26. The van der Waals surface area contributed by atoms with E-state index in [1.165, 1.54) is 0 Å². The van der Waals surface area contributed by atoms with Gasteiger partial charge < -0.3 is 5.32 Å². The molecule has 88 valence electrons. The fraction of sp³-hybridized carbons (Fsp3) is 0.300. The van der Waals surface area contributed by atoms with Gasteiger partial charge in [0, 0.05) is 12.4 Å². The van der Waals surface area contributed by atoms with Crippen LogP contribution in [0.4, 0.5) is 0 Å². The molecule has 1 aromatic rings. The number of rotatable bonds is 3. The summed E-state index contributed by atoms with van der Waals surface area (Å²) in [5, 5.41) is 6.20. The van der Waals surface area contributed by atoms with Gasteiger partial charge in [-0.2, -0.15) is 5.10 Å². The number of carbonyl (C=O) groups is 2. The van der Waals surface area contributed by atoms with Crippen molar-refractivity contribution in [3.63, 3.8) is 0 Å². The van der Waals surface area contributed by atoms with Gasteiger partial charge in [0.25, 0.3) is 5.91 Å². The van der Waals surface area contributed by atoms with Crippen LogP contribution in [0.1, 0.15) is 17.8 Å². The van der Waals surface area contributed by atoms with Gasteiger partial charge in [-0.05, 0) is 12.5 Å². The van der Waals surface area contributed by atoms with Crippen LogP contribution in [0.3, 0.4) is 0 Å². The van der Waals surface area contributed by atoms with Crippen molar-refractivity contribution in [3.8, 4) is 0 Å². The van der Waals surface area contributed by atoms with E-state index in [0.717, 1.165) is 5.56 Å². The van der Waals surface area contributed by atoms with Crippen molar-refractivity contribution in [1.82, 2.24) is 20.7 Å². The number of aryl methyl sites for hydroxylation is 1. The number of carbonyl (C=O) groups excluding carboxylic acids is 2. The lowest BCUT2D eigenvalue weighted by atomic mass is 10.2.